The van der Waals surface area contributed by atoms with Crippen molar-refractivity contribution in [2.24, 2.45) is 0 Å². The molecule has 0 radical (unpaired) electrons. The Labute approximate surface area is 324 Å². The number of fused-ring (bicyclic) bond motifs is 12. The first-order valence-electron chi connectivity index (χ1n) is 17.5. The average Bonchev–Trinajstić information content (AvgIpc) is 3.87. The zero-order chi connectivity index (χ0) is 34.9. The average molecular weight is 873 g/mol. The smallest absolute Gasteiger partial charge is 0.497 e. The van der Waals surface area contributed by atoms with E-state index in [0.717, 1.165) is 88.5 Å². The summed E-state index contributed by atoms with van der Waals surface area (Å²) >= 11 is 0. The van der Waals surface area contributed by atoms with E-state index in [1.54, 1.807) is 0 Å². The molecular formula is C47H27N5OPt. The number of imidazole rings is 2. The number of benzene rings is 6. The van der Waals surface area contributed by atoms with Crippen molar-refractivity contribution in [2.45, 2.75) is 0 Å². The summed E-state index contributed by atoms with van der Waals surface area (Å²) < 4.78 is 10.9. The molecule has 0 atom stereocenters. The van der Waals surface area contributed by atoms with Gasteiger partial charge in [0.05, 0.1) is 28.4 Å². The predicted molar refractivity (Wildman–Crippen MR) is 212 cm³/mol. The molecule has 5 aromatic heterocycles. The van der Waals surface area contributed by atoms with E-state index in [4.69, 9.17) is 19.7 Å². The Bertz CT molecular complexity index is 3190. The fourth-order valence-electron chi connectivity index (χ4n) is 7.63. The van der Waals surface area contributed by atoms with Crippen LogP contribution in [0, 0.1) is 12.1 Å². The van der Waals surface area contributed by atoms with E-state index in [9.17, 15) is 0 Å². The third-order valence-corrected chi connectivity index (χ3v) is 9.99. The van der Waals surface area contributed by atoms with Crippen LogP contribution < -0.4 is 4.74 Å². The molecule has 0 saturated carbocycles. The van der Waals surface area contributed by atoms with Crippen LogP contribution in [0.25, 0.3) is 88.5 Å². The van der Waals surface area contributed by atoms with Gasteiger partial charge in [0.25, 0.3) is 0 Å². The molecule has 0 spiro atoms. The van der Waals surface area contributed by atoms with Crippen LogP contribution in [0.4, 0.5) is 0 Å². The monoisotopic (exact) mass is 872 g/mol. The van der Waals surface area contributed by atoms with Gasteiger partial charge in [0, 0.05) is 46.1 Å². The van der Waals surface area contributed by atoms with Crippen LogP contribution >= 0.6 is 0 Å². The molecular weight excluding hydrogens is 846 g/mol. The SMILES string of the molecule is [Pt+2].[c-]1c(Oc2[c-]c3c(cc2)c2cccnc2n2c(-c4ccccc4)c(-c4ccccc4)nc32)ccc2c1c1nc(-c3ccccc3)cn1c1ccccc21. The summed E-state index contributed by atoms with van der Waals surface area (Å²) in [4.78, 5) is 15.4. The van der Waals surface area contributed by atoms with Gasteiger partial charge in [0.15, 0.2) is 0 Å². The van der Waals surface area contributed by atoms with Crippen molar-refractivity contribution in [1.29, 1.82) is 0 Å². The van der Waals surface area contributed by atoms with Crippen LogP contribution in [0.1, 0.15) is 0 Å². The number of hydrogen-bond acceptors (Lipinski definition) is 4. The first kappa shape index (κ1) is 32.1. The third kappa shape index (κ3) is 5.02. The first-order chi connectivity index (χ1) is 26.3. The van der Waals surface area contributed by atoms with E-state index in [1.165, 1.54) is 0 Å². The molecule has 0 unspecified atom stereocenters. The molecule has 0 N–H and O–H groups in total. The zero-order valence-corrected chi connectivity index (χ0v) is 30.8. The molecule has 5 heterocycles. The van der Waals surface area contributed by atoms with Crippen molar-refractivity contribution in [3.05, 3.63) is 176 Å². The van der Waals surface area contributed by atoms with Crippen molar-refractivity contribution in [3.8, 4) is 45.3 Å². The topological polar surface area (TPSA) is 56.7 Å². The number of ether oxygens (including phenoxy) is 1. The molecule has 11 aromatic rings. The number of hydrogen-bond donors (Lipinski definition) is 0. The summed E-state index contributed by atoms with van der Waals surface area (Å²) in [7, 11) is 0. The summed E-state index contributed by atoms with van der Waals surface area (Å²) in [6.45, 7) is 0. The van der Waals surface area contributed by atoms with Crippen molar-refractivity contribution in [1.82, 2.24) is 23.8 Å². The number of nitrogens with zero attached hydrogens (tertiary/aromatic N) is 5. The molecule has 0 fully saturated rings. The second kappa shape index (κ2) is 12.8. The maximum atomic E-state index is 6.61. The van der Waals surface area contributed by atoms with Crippen molar-refractivity contribution in [3.63, 3.8) is 0 Å². The number of pyridine rings is 3. The van der Waals surface area contributed by atoms with Crippen LogP contribution in [0.15, 0.2) is 164 Å². The first-order valence-corrected chi connectivity index (χ1v) is 17.5. The molecule has 0 aliphatic carbocycles. The van der Waals surface area contributed by atoms with Gasteiger partial charge in [-0.3, -0.25) is 9.97 Å². The van der Waals surface area contributed by atoms with Crippen LogP contribution in [-0.4, -0.2) is 23.8 Å². The van der Waals surface area contributed by atoms with Gasteiger partial charge in [0.2, 0.25) is 0 Å². The largest absolute Gasteiger partial charge is 2.00 e. The minimum Gasteiger partial charge on any atom is -0.497 e. The van der Waals surface area contributed by atoms with Crippen molar-refractivity contribution >= 4 is 54.8 Å². The van der Waals surface area contributed by atoms with Gasteiger partial charge in [0.1, 0.15) is 5.65 Å². The van der Waals surface area contributed by atoms with E-state index in [2.05, 4.69) is 118 Å². The molecule has 0 aliphatic rings. The zero-order valence-electron chi connectivity index (χ0n) is 28.5. The number of rotatable bonds is 5. The van der Waals surface area contributed by atoms with Gasteiger partial charge in [-0.25, -0.2) is 4.98 Å². The van der Waals surface area contributed by atoms with Gasteiger partial charge in [-0.1, -0.05) is 161 Å². The van der Waals surface area contributed by atoms with Crippen LogP contribution in [0.2, 0.25) is 0 Å². The third-order valence-electron chi connectivity index (χ3n) is 9.99. The molecule has 256 valence electrons. The Balaban J connectivity index is 0.00000361. The van der Waals surface area contributed by atoms with E-state index >= 15 is 0 Å². The molecule has 0 saturated heterocycles. The summed E-state index contributed by atoms with van der Waals surface area (Å²) in [5.74, 6) is 1.14. The van der Waals surface area contributed by atoms with Gasteiger partial charge in [-0.15, -0.1) is 12.1 Å². The Morgan fingerprint density at radius 2 is 1.07 bits per heavy atom. The molecule has 0 aliphatic heterocycles. The van der Waals surface area contributed by atoms with E-state index in [1.807, 2.05) is 66.9 Å². The summed E-state index contributed by atoms with van der Waals surface area (Å²) in [6, 6.07) is 58.8. The quantitative estimate of drug-likeness (QED) is 0.128. The fraction of sp³-hybridized carbons (Fsp3) is 0. The van der Waals surface area contributed by atoms with Gasteiger partial charge >= 0.3 is 21.1 Å². The normalized spacial score (nSPS) is 11.6. The van der Waals surface area contributed by atoms with E-state index in [0.29, 0.717) is 11.5 Å². The predicted octanol–water partition coefficient (Wildman–Crippen LogP) is 11.4. The van der Waals surface area contributed by atoms with Crippen LogP contribution in [0.5, 0.6) is 11.5 Å². The molecule has 7 heteroatoms. The van der Waals surface area contributed by atoms with Crippen LogP contribution in [0.3, 0.4) is 0 Å². The fourth-order valence-corrected chi connectivity index (χ4v) is 7.63. The van der Waals surface area contributed by atoms with Gasteiger partial charge in [-0.2, -0.15) is 0 Å². The number of aromatic nitrogens is 5. The Hall–Kier alpha value is -6.62. The standard InChI is InChI=1S/C47H27N5O.Pt/c1-4-13-30(14-5-1)41-29-51-42-21-11-10-19-37(42)35-24-22-33(27-39(35)46(51)49-41)53-34-23-25-36-38-20-12-26-48-45(38)52-44(32-17-8-3-9-18-32)43(31-15-6-2-7-16-31)50-47(52)40(36)28-34;/h1-26,29H;/q-2;+2. The van der Waals surface area contributed by atoms with E-state index < -0.39 is 0 Å². The van der Waals surface area contributed by atoms with E-state index in [-0.39, 0.29) is 21.1 Å². The minimum absolute atomic E-state index is 0. The van der Waals surface area contributed by atoms with Crippen LogP contribution in [-0.2, 0) is 21.1 Å². The minimum atomic E-state index is 0. The van der Waals surface area contributed by atoms with Crippen molar-refractivity contribution in [2.75, 3.05) is 0 Å². The Morgan fingerprint density at radius 1 is 0.481 bits per heavy atom. The molecule has 54 heavy (non-hydrogen) atoms. The Kier molecular flexibility index (Phi) is 7.60. The molecule has 6 nitrogen and oxygen atoms in total. The summed E-state index contributed by atoms with van der Waals surface area (Å²) in [5, 5.41) is 5.92. The second-order valence-corrected chi connectivity index (χ2v) is 13.1. The second-order valence-electron chi connectivity index (χ2n) is 13.1. The van der Waals surface area contributed by atoms with Crippen molar-refractivity contribution < 1.29 is 25.8 Å². The molecule has 0 bridgehead atoms. The maximum Gasteiger partial charge on any atom is 2.00 e. The van der Waals surface area contributed by atoms with Gasteiger partial charge < -0.3 is 13.5 Å². The summed E-state index contributed by atoms with van der Waals surface area (Å²) in [5.41, 5.74) is 9.41. The molecule has 11 rings (SSSR count). The van der Waals surface area contributed by atoms with Gasteiger partial charge in [-0.05, 0) is 22.9 Å². The number of para-hydroxylation sites is 1. The maximum absolute atomic E-state index is 6.61. The molecule has 0 amide bonds. The molecule has 6 aromatic carbocycles. The summed E-state index contributed by atoms with van der Waals surface area (Å²) in [6.07, 6.45) is 3.94. The Morgan fingerprint density at radius 3 is 1.80 bits per heavy atom.